The van der Waals surface area contributed by atoms with Gasteiger partial charge >= 0.3 is 0 Å². The summed E-state index contributed by atoms with van der Waals surface area (Å²) in [4.78, 5) is 4.35. The summed E-state index contributed by atoms with van der Waals surface area (Å²) in [7, 11) is 0. The third kappa shape index (κ3) is 2.72. The molecule has 0 fully saturated rings. The molecule has 0 saturated heterocycles. The highest BCUT2D eigenvalue weighted by Crippen LogP contribution is 2.32. The zero-order valence-corrected chi connectivity index (χ0v) is 12.5. The lowest BCUT2D eigenvalue weighted by Crippen LogP contribution is -2.32. The maximum atomic E-state index is 4.35. The molecule has 0 bridgehead atoms. The number of anilines is 1. The lowest BCUT2D eigenvalue weighted by atomic mass is 9.92. The first kappa shape index (κ1) is 13.5. The van der Waals surface area contributed by atoms with Gasteiger partial charge in [-0.25, -0.2) is 9.67 Å². The van der Waals surface area contributed by atoms with E-state index in [0.717, 1.165) is 16.9 Å². The first-order valence-electron chi connectivity index (χ1n) is 7.03. The van der Waals surface area contributed by atoms with E-state index in [-0.39, 0.29) is 11.6 Å². The Labute approximate surface area is 124 Å². The second kappa shape index (κ2) is 5.16. The molecule has 0 spiro atoms. The minimum absolute atomic E-state index is 0.0419. The molecule has 5 nitrogen and oxygen atoms in total. The molecule has 0 aliphatic heterocycles. The number of rotatable bonds is 3. The van der Waals surface area contributed by atoms with E-state index in [1.165, 1.54) is 0 Å². The van der Waals surface area contributed by atoms with Gasteiger partial charge in [0.05, 0.1) is 5.52 Å². The summed E-state index contributed by atoms with van der Waals surface area (Å²) in [6.07, 6.45) is 1.74. The Kier molecular flexibility index (Phi) is 3.33. The van der Waals surface area contributed by atoms with Crippen molar-refractivity contribution in [3.63, 3.8) is 0 Å². The third-order valence-electron chi connectivity index (χ3n) is 3.39. The molecule has 1 aromatic carbocycles. The van der Waals surface area contributed by atoms with Crippen molar-refractivity contribution in [2.24, 2.45) is 5.41 Å². The van der Waals surface area contributed by atoms with Crippen LogP contribution < -0.4 is 5.32 Å². The summed E-state index contributed by atoms with van der Waals surface area (Å²) in [5.41, 5.74) is 1.86. The Bertz CT molecular complexity index is 727. The number of nitrogens with zero attached hydrogens (tertiary/aromatic N) is 4. The Morgan fingerprint density at radius 2 is 1.81 bits per heavy atom. The van der Waals surface area contributed by atoms with Gasteiger partial charge in [-0.3, -0.25) is 0 Å². The number of pyridine rings is 1. The fourth-order valence-electron chi connectivity index (χ4n) is 2.31. The largest absolute Gasteiger partial charge is 0.348 e. The highest BCUT2D eigenvalue weighted by Gasteiger charge is 2.28. The number of fused-ring (bicyclic) bond motifs is 1. The SMILES string of the molecule is CC(C)(C)C(Nc1ccccn1)n1nnc2ccccc21. The average Bonchev–Trinajstić information content (AvgIpc) is 2.88. The minimum Gasteiger partial charge on any atom is -0.348 e. The molecule has 0 saturated carbocycles. The van der Waals surface area contributed by atoms with Crippen LogP contribution in [0, 0.1) is 5.41 Å². The quantitative estimate of drug-likeness (QED) is 0.798. The van der Waals surface area contributed by atoms with Crippen LogP contribution in [0.2, 0.25) is 0 Å². The zero-order chi connectivity index (χ0) is 14.9. The molecule has 1 unspecified atom stereocenters. The number of nitrogens with one attached hydrogen (secondary N) is 1. The molecule has 1 N–H and O–H groups in total. The van der Waals surface area contributed by atoms with Crippen molar-refractivity contribution < 1.29 is 0 Å². The van der Waals surface area contributed by atoms with Gasteiger partial charge in [0.25, 0.3) is 0 Å². The van der Waals surface area contributed by atoms with Crippen LogP contribution in [0.15, 0.2) is 48.7 Å². The van der Waals surface area contributed by atoms with Crippen LogP contribution in [-0.4, -0.2) is 20.0 Å². The molecule has 0 aliphatic carbocycles. The van der Waals surface area contributed by atoms with Crippen molar-refractivity contribution in [2.45, 2.75) is 26.9 Å². The second-order valence-corrected chi connectivity index (χ2v) is 6.15. The van der Waals surface area contributed by atoms with Crippen LogP contribution in [0.1, 0.15) is 26.9 Å². The topological polar surface area (TPSA) is 55.6 Å². The first-order chi connectivity index (χ1) is 10.1. The molecule has 2 aromatic heterocycles. The molecule has 108 valence electrons. The van der Waals surface area contributed by atoms with Crippen molar-refractivity contribution in [1.82, 2.24) is 20.0 Å². The van der Waals surface area contributed by atoms with E-state index in [4.69, 9.17) is 0 Å². The molecule has 21 heavy (non-hydrogen) atoms. The Morgan fingerprint density at radius 3 is 2.52 bits per heavy atom. The van der Waals surface area contributed by atoms with Crippen LogP contribution in [0.25, 0.3) is 11.0 Å². The van der Waals surface area contributed by atoms with Crippen molar-refractivity contribution >= 4 is 16.9 Å². The highest BCUT2D eigenvalue weighted by atomic mass is 15.5. The number of hydrogen-bond donors (Lipinski definition) is 1. The Morgan fingerprint density at radius 1 is 1.05 bits per heavy atom. The molecular weight excluding hydrogens is 262 g/mol. The van der Waals surface area contributed by atoms with E-state index in [2.05, 4.69) is 41.4 Å². The van der Waals surface area contributed by atoms with Crippen molar-refractivity contribution in [1.29, 1.82) is 0 Å². The van der Waals surface area contributed by atoms with Gasteiger partial charge in [0.2, 0.25) is 0 Å². The minimum atomic E-state index is -0.0476. The molecule has 0 radical (unpaired) electrons. The molecule has 0 amide bonds. The fraction of sp³-hybridized carbons (Fsp3) is 0.312. The maximum Gasteiger partial charge on any atom is 0.129 e. The lowest BCUT2D eigenvalue weighted by Gasteiger charge is -2.32. The van der Waals surface area contributed by atoms with E-state index in [9.17, 15) is 0 Å². The van der Waals surface area contributed by atoms with E-state index in [0.29, 0.717) is 0 Å². The normalized spacial score (nSPS) is 13.3. The van der Waals surface area contributed by atoms with Gasteiger partial charge in [0.1, 0.15) is 17.5 Å². The molecule has 5 heteroatoms. The van der Waals surface area contributed by atoms with E-state index >= 15 is 0 Å². The van der Waals surface area contributed by atoms with Gasteiger partial charge in [-0.2, -0.15) is 0 Å². The maximum absolute atomic E-state index is 4.35. The molecular formula is C16H19N5. The summed E-state index contributed by atoms with van der Waals surface area (Å²) >= 11 is 0. The van der Waals surface area contributed by atoms with Crippen molar-refractivity contribution in [3.05, 3.63) is 48.7 Å². The van der Waals surface area contributed by atoms with E-state index in [1.807, 2.05) is 47.1 Å². The number of benzene rings is 1. The standard InChI is InChI=1S/C16H19N5/c1-16(2,3)15(18-14-10-6-7-11-17-14)21-13-9-5-4-8-12(13)19-20-21/h4-11,15H,1-3H3,(H,17,18). The summed E-state index contributed by atoms with van der Waals surface area (Å²) in [5.74, 6) is 0.831. The smallest absolute Gasteiger partial charge is 0.129 e. The number of aromatic nitrogens is 4. The second-order valence-electron chi connectivity index (χ2n) is 6.15. The monoisotopic (exact) mass is 281 g/mol. The summed E-state index contributed by atoms with van der Waals surface area (Å²) in [6.45, 7) is 6.51. The van der Waals surface area contributed by atoms with Gasteiger partial charge in [-0.05, 0) is 24.3 Å². The Hall–Kier alpha value is -2.43. The van der Waals surface area contributed by atoms with E-state index in [1.54, 1.807) is 6.20 Å². The number of hydrogen-bond acceptors (Lipinski definition) is 4. The summed E-state index contributed by atoms with van der Waals surface area (Å²) in [5, 5.41) is 12.0. The van der Waals surface area contributed by atoms with Gasteiger partial charge in [-0.15, -0.1) is 5.10 Å². The third-order valence-corrected chi connectivity index (χ3v) is 3.39. The van der Waals surface area contributed by atoms with Crippen LogP contribution in [0.5, 0.6) is 0 Å². The summed E-state index contributed by atoms with van der Waals surface area (Å²) in [6, 6.07) is 13.8. The van der Waals surface area contributed by atoms with Crippen molar-refractivity contribution in [2.75, 3.05) is 5.32 Å². The molecule has 1 atom stereocenters. The van der Waals surface area contributed by atoms with Crippen molar-refractivity contribution in [3.8, 4) is 0 Å². The van der Waals surface area contributed by atoms with Crippen LogP contribution >= 0.6 is 0 Å². The van der Waals surface area contributed by atoms with Gasteiger partial charge in [0, 0.05) is 11.6 Å². The summed E-state index contributed by atoms with van der Waals surface area (Å²) < 4.78 is 1.93. The lowest BCUT2D eigenvalue weighted by molar-refractivity contribution is 0.255. The van der Waals surface area contributed by atoms with Gasteiger partial charge in [-0.1, -0.05) is 44.2 Å². The zero-order valence-electron chi connectivity index (χ0n) is 12.5. The van der Waals surface area contributed by atoms with E-state index < -0.39 is 0 Å². The van der Waals surface area contributed by atoms with Crippen LogP contribution in [-0.2, 0) is 0 Å². The van der Waals surface area contributed by atoms with Gasteiger partial charge < -0.3 is 5.32 Å². The van der Waals surface area contributed by atoms with Crippen LogP contribution in [0.4, 0.5) is 5.82 Å². The molecule has 2 heterocycles. The predicted molar refractivity (Wildman–Crippen MR) is 83.9 cm³/mol. The predicted octanol–water partition coefficient (Wildman–Crippen LogP) is 3.48. The van der Waals surface area contributed by atoms with Crippen LogP contribution in [0.3, 0.4) is 0 Å². The average molecular weight is 281 g/mol. The molecule has 3 aromatic rings. The molecule has 0 aliphatic rings. The number of para-hydroxylation sites is 1. The fourth-order valence-corrected chi connectivity index (χ4v) is 2.31. The van der Waals surface area contributed by atoms with Gasteiger partial charge in [0.15, 0.2) is 0 Å². The molecule has 3 rings (SSSR count). The highest BCUT2D eigenvalue weighted by molar-refractivity contribution is 5.74. The first-order valence-corrected chi connectivity index (χ1v) is 7.03. The Balaban J connectivity index is 2.04.